The van der Waals surface area contributed by atoms with Gasteiger partial charge in [-0.25, -0.2) is 4.98 Å². The zero-order chi connectivity index (χ0) is 13.0. The molecule has 1 fully saturated rings. The van der Waals surface area contributed by atoms with E-state index in [1.54, 1.807) is 6.20 Å². The molecule has 0 unspecified atom stereocenters. The molecule has 0 bridgehead atoms. The van der Waals surface area contributed by atoms with E-state index in [4.69, 9.17) is 5.26 Å². The van der Waals surface area contributed by atoms with Gasteiger partial charge in [-0.05, 0) is 30.9 Å². The third kappa shape index (κ3) is 2.64. The van der Waals surface area contributed by atoms with Crippen LogP contribution < -0.4 is 4.90 Å². The fourth-order valence-corrected chi connectivity index (χ4v) is 3.00. The Kier molecular flexibility index (Phi) is 4.19. The van der Waals surface area contributed by atoms with Crippen LogP contribution in [-0.4, -0.2) is 18.1 Å². The molecule has 1 saturated carbocycles. The maximum Gasteiger partial charge on any atom is 0.128 e. The molecule has 18 heavy (non-hydrogen) atoms. The van der Waals surface area contributed by atoms with Gasteiger partial charge in [0, 0.05) is 19.3 Å². The van der Waals surface area contributed by atoms with Crippen LogP contribution in [0.1, 0.15) is 44.6 Å². The van der Waals surface area contributed by atoms with E-state index < -0.39 is 0 Å². The van der Waals surface area contributed by atoms with Gasteiger partial charge in [-0.2, -0.15) is 5.26 Å². The maximum absolute atomic E-state index is 8.79. The molecule has 0 amide bonds. The van der Waals surface area contributed by atoms with Crippen molar-refractivity contribution in [3.63, 3.8) is 0 Å². The molecule has 0 aromatic carbocycles. The van der Waals surface area contributed by atoms with Crippen molar-refractivity contribution in [3.05, 3.63) is 23.9 Å². The van der Waals surface area contributed by atoms with E-state index >= 15 is 0 Å². The minimum atomic E-state index is 0.601. The Balaban J connectivity index is 2.13. The second-order valence-electron chi connectivity index (χ2n) is 5.15. The molecule has 0 saturated heterocycles. The summed E-state index contributed by atoms with van der Waals surface area (Å²) in [5, 5.41) is 8.79. The van der Waals surface area contributed by atoms with Gasteiger partial charge in [0.05, 0.1) is 5.56 Å². The third-order valence-electron chi connectivity index (χ3n) is 4.13. The minimum absolute atomic E-state index is 0.601. The summed E-state index contributed by atoms with van der Waals surface area (Å²) in [5.41, 5.74) is 0.628. The van der Waals surface area contributed by atoms with E-state index in [-0.39, 0.29) is 0 Å². The number of pyridine rings is 1. The van der Waals surface area contributed by atoms with Crippen molar-refractivity contribution >= 4 is 5.82 Å². The summed E-state index contributed by atoms with van der Waals surface area (Å²) >= 11 is 0. The monoisotopic (exact) mass is 243 g/mol. The van der Waals surface area contributed by atoms with Crippen molar-refractivity contribution in [3.8, 4) is 6.07 Å². The van der Waals surface area contributed by atoms with Gasteiger partial charge < -0.3 is 4.90 Å². The highest BCUT2D eigenvalue weighted by Crippen LogP contribution is 2.31. The number of nitriles is 1. The van der Waals surface area contributed by atoms with Gasteiger partial charge >= 0.3 is 0 Å². The van der Waals surface area contributed by atoms with Crippen LogP contribution in [0.3, 0.4) is 0 Å². The van der Waals surface area contributed by atoms with Gasteiger partial charge in [0.2, 0.25) is 0 Å². The van der Waals surface area contributed by atoms with Crippen LogP contribution in [0, 0.1) is 17.2 Å². The molecule has 2 rings (SSSR count). The molecule has 0 aliphatic heterocycles. The van der Waals surface area contributed by atoms with E-state index in [2.05, 4.69) is 29.9 Å². The second-order valence-corrected chi connectivity index (χ2v) is 5.15. The Hall–Kier alpha value is -1.56. The summed E-state index contributed by atoms with van der Waals surface area (Å²) in [6.45, 7) is 2.28. The zero-order valence-electron chi connectivity index (χ0n) is 11.3. The Morgan fingerprint density at radius 1 is 1.39 bits per heavy atom. The average Bonchev–Trinajstić information content (AvgIpc) is 2.46. The lowest BCUT2D eigenvalue weighted by molar-refractivity contribution is 0.291. The molecule has 1 aliphatic carbocycles. The average molecular weight is 243 g/mol. The van der Waals surface area contributed by atoms with Gasteiger partial charge in [0.15, 0.2) is 0 Å². The number of anilines is 1. The fraction of sp³-hybridized carbons (Fsp3) is 0.600. The molecule has 3 nitrogen and oxygen atoms in total. The summed E-state index contributed by atoms with van der Waals surface area (Å²) < 4.78 is 0. The Labute approximate surface area is 109 Å². The van der Waals surface area contributed by atoms with Crippen LogP contribution in [-0.2, 0) is 0 Å². The summed E-state index contributed by atoms with van der Waals surface area (Å²) in [7, 11) is 2.13. The predicted octanol–water partition coefficient (Wildman–Crippen LogP) is 3.36. The number of hydrogen-bond donors (Lipinski definition) is 0. The first kappa shape index (κ1) is 12.9. The molecule has 1 aromatic rings. The topological polar surface area (TPSA) is 39.9 Å². The first-order valence-electron chi connectivity index (χ1n) is 6.85. The molecule has 2 atom stereocenters. The van der Waals surface area contributed by atoms with Gasteiger partial charge in [0.25, 0.3) is 0 Å². The van der Waals surface area contributed by atoms with Gasteiger partial charge in [0.1, 0.15) is 11.9 Å². The Morgan fingerprint density at radius 2 is 2.17 bits per heavy atom. The van der Waals surface area contributed by atoms with Crippen LogP contribution in [0.15, 0.2) is 18.3 Å². The van der Waals surface area contributed by atoms with Crippen molar-refractivity contribution < 1.29 is 0 Å². The van der Waals surface area contributed by atoms with E-state index in [0.717, 1.165) is 11.7 Å². The second kappa shape index (κ2) is 5.86. The minimum Gasteiger partial charge on any atom is -0.356 e. The number of hydrogen-bond acceptors (Lipinski definition) is 3. The standard InChI is InChI=1S/C15H21N3/c1-3-13-6-4-5-7-14(13)18(2)15-9-8-12(10-16)11-17-15/h8-9,11,13-14H,3-7H2,1-2H3/t13-,14+/m0/s1. The third-order valence-corrected chi connectivity index (χ3v) is 4.13. The summed E-state index contributed by atoms with van der Waals surface area (Å²) in [5.74, 6) is 1.76. The maximum atomic E-state index is 8.79. The quantitative estimate of drug-likeness (QED) is 0.817. The lowest BCUT2D eigenvalue weighted by Gasteiger charge is -2.38. The Morgan fingerprint density at radius 3 is 2.78 bits per heavy atom. The Bertz CT molecular complexity index is 418. The number of rotatable bonds is 3. The van der Waals surface area contributed by atoms with Crippen LogP contribution >= 0.6 is 0 Å². The normalized spacial score (nSPS) is 23.4. The molecule has 0 N–H and O–H groups in total. The molecular formula is C15H21N3. The first-order valence-corrected chi connectivity index (χ1v) is 6.85. The van der Waals surface area contributed by atoms with E-state index in [9.17, 15) is 0 Å². The SMILES string of the molecule is CC[C@H]1CCCC[C@H]1N(C)c1ccc(C#N)cn1. The van der Waals surface area contributed by atoms with Gasteiger partial charge in [-0.15, -0.1) is 0 Å². The molecule has 1 aromatic heterocycles. The molecule has 0 radical (unpaired) electrons. The smallest absolute Gasteiger partial charge is 0.128 e. The highest BCUT2D eigenvalue weighted by atomic mass is 15.2. The summed E-state index contributed by atoms with van der Waals surface area (Å²) in [6.07, 6.45) is 8.19. The zero-order valence-corrected chi connectivity index (χ0v) is 11.3. The van der Waals surface area contributed by atoms with Crippen molar-refractivity contribution in [2.45, 2.75) is 45.1 Å². The first-order chi connectivity index (χ1) is 8.76. The van der Waals surface area contributed by atoms with Gasteiger partial charge in [-0.1, -0.05) is 26.2 Å². The molecule has 0 spiro atoms. The van der Waals surface area contributed by atoms with Crippen molar-refractivity contribution in [2.75, 3.05) is 11.9 Å². The number of aromatic nitrogens is 1. The lowest BCUT2D eigenvalue weighted by Crippen LogP contribution is -2.40. The molecule has 3 heteroatoms. The molecule has 1 aliphatic rings. The summed E-state index contributed by atoms with van der Waals surface area (Å²) in [6, 6.07) is 6.52. The van der Waals surface area contributed by atoms with Crippen molar-refractivity contribution in [2.24, 2.45) is 5.92 Å². The van der Waals surface area contributed by atoms with Crippen LogP contribution in [0.4, 0.5) is 5.82 Å². The predicted molar refractivity (Wildman–Crippen MR) is 73.4 cm³/mol. The highest BCUT2D eigenvalue weighted by molar-refractivity contribution is 5.42. The number of nitrogens with zero attached hydrogens (tertiary/aromatic N) is 3. The fourth-order valence-electron chi connectivity index (χ4n) is 3.00. The van der Waals surface area contributed by atoms with Crippen LogP contribution in [0.2, 0.25) is 0 Å². The van der Waals surface area contributed by atoms with E-state index in [1.165, 1.54) is 32.1 Å². The largest absolute Gasteiger partial charge is 0.356 e. The molecule has 1 heterocycles. The van der Waals surface area contributed by atoms with Crippen molar-refractivity contribution in [1.29, 1.82) is 5.26 Å². The summed E-state index contributed by atoms with van der Waals surface area (Å²) in [4.78, 5) is 6.70. The van der Waals surface area contributed by atoms with E-state index in [0.29, 0.717) is 11.6 Å². The van der Waals surface area contributed by atoms with Crippen LogP contribution in [0.5, 0.6) is 0 Å². The lowest BCUT2D eigenvalue weighted by atomic mass is 9.82. The van der Waals surface area contributed by atoms with Crippen molar-refractivity contribution in [1.82, 2.24) is 4.98 Å². The van der Waals surface area contributed by atoms with Gasteiger partial charge in [-0.3, -0.25) is 0 Å². The molecule has 96 valence electrons. The van der Waals surface area contributed by atoms with Crippen LogP contribution in [0.25, 0.3) is 0 Å². The van der Waals surface area contributed by atoms with E-state index in [1.807, 2.05) is 12.1 Å². The highest BCUT2D eigenvalue weighted by Gasteiger charge is 2.27. The molecular weight excluding hydrogens is 222 g/mol.